The topological polar surface area (TPSA) is 12.9 Å². The van der Waals surface area contributed by atoms with E-state index in [2.05, 4.69) is 69.1 Å². The van der Waals surface area contributed by atoms with Crippen molar-refractivity contribution >= 4 is 0 Å². The number of aromatic nitrogens is 1. The predicted octanol–water partition coefficient (Wildman–Crippen LogP) is 4.35. The highest BCUT2D eigenvalue weighted by Gasteiger charge is 2.13. The predicted molar refractivity (Wildman–Crippen MR) is 73.1 cm³/mol. The number of benzene rings is 1. The van der Waals surface area contributed by atoms with Gasteiger partial charge < -0.3 is 0 Å². The van der Waals surface area contributed by atoms with Gasteiger partial charge in [0.25, 0.3) is 0 Å². The third-order valence-electron chi connectivity index (χ3n) is 2.94. The molecule has 1 nitrogen and oxygen atoms in total. The maximum absolute atomic E-state index is 4.47. The van der Waals surface area contributed by atoms with Crippen molar-refractivity contribution in [3.8, 4) is 11.3 Å². The van der Waals surface area contributed by atoms with Crippen LogP contribution in [-0.2, 0) is 5.41 Å². The Morgan fingerprint density at radius 2 is 1.76 bits per heavy atom. The zero-order valence-electron chi connectivity index (χ0n) is 11.0. The van der Waals surface area contributed by atoms with Crippen LogP contribution >= 0.6 is 0 Å². The van der Waals surface area contributed by atoms with Crippen molar-refractivity contribution < 1.29 is 0 Å². The molecule has 0 saturated carbocycles. The average molecular weight is 225 g/mol. The van der Waals surface area contributed by atoms with Crippen molar-refractivity contribution in [2.24, 2.45) is 0 Å². The van der Waals surface area contributed by atoms with Crippen molar-refractivity contribution in [2.45, 2.75) is 33.1 Å². The largest absolute Gasteiger partial charge is 0.256 e. The van der Waals surface area contributed by atoms with Gasteiger partial charge in [-0.2, -0.15) is 0 Å². The van der Waals surface area contributed by atoms with Gasteiger partial charge in [0, 0.05) is 11.8 Å². The highest BCUT2D eigenvalue weighted by Crippen LogP contribution is 2.26. The Morgan fingerprint density at radius 1 is 1.00 bits per heavy atom. The normalized spacial score (nSPS) is 11.5. The molecule has 1 heteroatoms. The summed E-state index contributed by atoms with van der Waals surface area (Å²) in [7, 11) is 0. The SMILES string of the molecule is Cc1ccc(-c2cccc(C(C)(C)C)c2)nc1. The summed E-state index contributed by atoms with van der Waals surface area (Å²) in [5, 5.41) is 0. The lowest BCUT2D eigenvalue weighted by Gasteiger charge is -2.19. The van der Waals surface area contributed by atoms with Crippen LogP contribution in [0.15, 0.2) is 42.6 Å². The maximum Gasteiger partial charge on any atom is 0.0702 e. The molecule has 0 aliphatic heterocycles. The Labute approximate surface area is 104 Å². The molecule has 0 amide bonds. The molecule has 17 heavy (non-hydrogen) atoms. The van der Waals surface area contributed by atoms with Crippen LogP contribution in [0, 0.1) is 6.92 Å². The Bertz CT molecular complexity index is 504. The summed E-state index contributed by atoms with van der Waals surface area (Å²) in [5.74, 6) is 0. The summed E-state index contributed by atoms with van der Waals surface area (Å²) < 4.78 is 0. The van der Waals surface area contributed by atoms with Gasteiger partial charge in [0.15, 0.2) is 0 Å². The number of hydrogen-bond donors (Lipinski definition) is 0. The van der Waals surface area contributed by atoms with Crippen LogP contribution in [0.4, 0.5) is 0 Å². The molecule has 0 N–H and O–H groups in total. The van der Waals surface area contributed by atoms with Crippen molar-refractivity contribution in [3.63, 3.8) is 0 Å². The van der Waals surface area contributed by atoms with Crippen LogP contribution in [0.2, 0.25) is 0 Å². The lowest BCUT2D eigenvalue weighted by atomic mass is 9.86. The van der Waals surface area contributed by atoms with Gasteiger partial charge in [-0.15, -0.1) is 0 Å². The molecular formula is C16H19N. The van der Waals surface area contributed by atoms with Crippen molar-refractivity contribution in [3.05, 3.63) is 53.7 Å². The summed E-state index contributed by atoms with van der Waals surface area (Å²) in [5.41, 5.74) is 4.96. The number of hydrogen-bond acceptors (Lipinski definition) is 1. The number of nitrogens with zero attached hydrogens (tertiary/aromatic N) is 1. The van der Waals surface area contributed by atoms with E-state index in [1.165, 1.54) is 16.7 Å². The van der Waals surface area contributed by atoms with Crippen LogP contribution in [0.25, 0.3) is 11.3 Å². The van der Waals surface area contributed by atoms with E-state index in [0.717, 1.165) is 5.69 Å². The lowest BCUT2D eigenvalue weighted by Crippen LogP contribution is -2.10. The van der Waals surface area contributed by atoms with E-state index in [0.29, 0.717) is 0 Å². The minimum absolute atomic E-state index is 0.181. The van der Waals surface area contributed by atoms with E-state index in [1.54, 1.807) is 0 Å². The third kappa shape index (κ3) is 2.73. The molecule has 1 aromatic heterocycles. The van der Waals surface area contributed by atoms with Crippen molar-refractivity contribution in [1.29, 1.82) is 0 Å². The summed E-state index contributed by atoms with van der Waals surface area (Å²) in [6.07, 6.45) is 1.92. The van der Waals surface area contributed by atoms with Crippen molar-refractivity contribution in [2.75, 3.05) is 0 Å². The Morgan fingerprint density at radius 3 is 2.35 bits per heavy atom. The monoisotopic (exact) mass is 225 g/mol. The summed E-state index contributed by atoms with van der Waals surface area (Å²) in [4.78, 5) is 4.47. The zero-order chi connectivity index (χ0) is 12.5. The first-order valence-corrected chi connectivity index (χ1v) is 6.00. The van der Waals surface area contributed by atoms with E-state index in [1.807, 2.05) is 6.20 Å². The first kappa shape index (κ1) is 11.8. The highest BCUT2D eigenvalue weighted by molar-refractivity contribution is 5.60. The fourth-order valence-corrected chi connectivity index (χ4v) is 1.78. The Hall–Kier alpha value is -1.63. The van der Waals surface area contributed by atoms with Gasteiger partial charge >= 0.3 is 0 Å². The first-order chi connectivity index (χ1) is 7.97. The maximum atomic E-state index is 4.47. The second-order valence-electron chi connectivity index (χ2n) is 5.55. The zero-order valence-corrected chi connectivity index (χ0v) is 11.0. The Balaban J connectivity index is 2.43. The molecule has 88 valence electrons. The first-order valence-electron chi connectivity index (χ1n) is 6.00. The summed E-state index contributed by atoms with van der Waals surface area (Å²) in [6.45, 7) is 8.75. The standard InChI is InChI=1S/C16H19N/c1-12-8-9-15(17-11-12)13-6-5-7-14(10-13)16(2,3)4/h5-11H,1-4H3. The summed E-state index contributed by atoms with van der Waals surface area (Å²) in [6, 6.07) is 12.8. The molecule has 0 saturated heterocycles. The van der Waals surface area contributed by atoms with E-state index >= 15 is 0 Å². The smallest absolute Gasteiger partial charge is 0.0702 e. The molecule has 1 aromatic carbocycles. The van der Waals surface area contributed by atoms with Gasteiger partial charge in [0.05, 0.1) is 5.69 Å². The molecule has 0 aliphatic rings. The molecule has 0 spiro atoms. The van der Waals surface area contributed by atoms with Gasteiger partial charge in [-0.25, -0.2) is 0 Å². The molecular weight excluding hydrogens is 206 g/mol. The summed E-state index contributed by atoms with van der Waals surface area (Å²) >= 11 is 0. The number of aryl methyl sites for hydroxylation is 1. The fraction of sp³-hybridized carbons (Fsp3) is 0.312. The molecule has 0 fully saturated rings. The lowest BCUT2D eigenvalue weighted by molar-refractivity contribution is 0.590. The molecule has 0 radical (unpaired) electrons. The molecule has 0 aliphatic carbocycles. The molecule has 0 bridgehead atoms. The molecule has 2 aromatic rings. The van der Waals surface area contributed by atoms with Crippen LogP contribution in [0.5, 0.6) is 0 Å². The van der Waals surface area contributed by atoms with Gasteiger partial charge in [-0.3, -0.25) is 4.98 Å². The average Bonchev–Trinajstić information content (AvgIpc) is 2.29. The van der Waals surface area contributed by atoms with Crippen molar-refractivity contribution in [1.82, 2.24) is 4.98 Å². The second-order valence-corrected chi connectivity index (χ2v) is 5.55. The molecule has 0 unspecified atom stereocenters. The van der Waals surface area contributed by atoms with Crippen LogP contribution in [0.1, 0.15) is 31.9 Å². The minimum Gasteiger partial charge on any atom is -0.256 e. The number of rotatable bonds is 1. The molecule has 0 atom stereocenters. The number of pyridine rings is 1. The molecule has 1 heterocycles. The fourth-order valence-electron chi connectivity index (χ4n) is 1.78. The second kappa shape index (κ2) is 4.33. The van der Waals surface area contributed by atoms with E-state index in [-0.39, 0.29) is 5.41 Å². The van der Waals surface area contributed by atoms with Crippen LogP contribution in [-0.4, -0.2) is 4.98 Å². The third-order valence-corrected chi connectivity index (χ3v) is 2.94. The van der Waals surface area contributed by atoms with Gasteiger partial charge in [0.2, 0.25) is 0 Å². The van der Waals surface area contributed by atoms with Gasteiger partial charge in [-0.1, -0.05) is 45.0 Å². The van der Waals surface area contributed by atoms with E-state index < -0.39 is 0 Å². The quantitative estimate of drug-likeness (QED) is 0.703. The van der Waals surface area contributed by atoms with E-state index in [4.69, 9.17) is 0 Å². The Kier molecular flexibility index (Phi) is 3.01. The van der Waals surface area contributed by atoms with Gasteiger partial charge in [0.1, 0.15) is 0 Å². The van der Waals surface area contributed by atoms with Crippen LogP contribution in [0.3, 0.4) is 0 Å². The highest BCUT2D eigenvalue weighted by atomic mass is 14.7. The molecule has 2 rings (SSSR count). The van der Waals surface area contributed by atoms with Crippen LogP contribution < -0.4 is 0 Å². The minimum atomic E-state index is 0.181. The van der Waals surface area contributed by atoms with E-state index in [9.17, 15) is 0 Å². The van der Waals surface area contributed by atoms with Gasteiger partial charge in [-0.05, 0) is 35.6 Å².